The Hall–Kier alpha value is -4.91. The van der Waals surface area contributed by atoms with Gasteiger partial charge in [-0.3, -0.25) is 14.4 Å². The summed E-state index contributed by atoms with van der Waals surface area (Å²) < 4.78 is 12.0. The third kappa shape index (κ3) is 6.27. The Balaban J connectivity index is 1.07. The van der Waals surface area contributed by atoms with E-state index in [9.17, 15) is 9.90 Å². The summed E-state index contributed by atoms with van der Waals surface area (Å²) in [5.41, 5.74) is 4.44. The Morgan fingerprint density at radius 3 is 2.72 bits per heavy atom. The number of piperidine rings is 1. The fourth-order valence-electron chi connectivity index (χ4n) is 6.67. The molecule has 1 aliphatic carbocycles. The fraction of sp³-hybridized carbons (Fsp3) is 0.441. The molecule has 0 unspecified atom stereocenters. The number of nitrogens with zero attached hydrogens (tertiary/aromatic N) is 8. The number of nitrogens with one attached hydrogen (secondary N) is 2. The minimum absolute atomic E-state index is 0.0178. The monoisotopic (exact) mass is 638 g/mol. The molecule has 246 valence electrons. The summed E-state index contributed by atoms with van der Waals surface area (Å²) >= 11 is 0. The first-order valence-corrected chi connectivity index (χ1v) is 16.6. The number of anilines is 2. The molecule has 7 rings (SSSR count). The van der Waals surface area contributed by atoms with E-state index in [1.807, 2.05) is 40.9 Å². The van der Waals surface area contributed by atoms with Crippen LogP contribution in [0.3, 0.4) is 0 Å². The molecule has 13 heteroatoms. The van der Waals surface area contributed by atoms with Gasteiger partial charge in [-0.25, -0.2) is 9.48 Å². The Kier molecular flexibility index (Phi) is 8.54. The number of fused-ring (bicyclic) bond motifs is 2. The van der Waals surface area contributed by atoms with E-state index in [2.05, 4.69) is 63.7 Å². The van der Waals surface area contributed by atoms with Crippen molar-refractivity contribution in [3.8, 4) is 11.4 Å². The van der Waals surface area contributed by atoms with Crippen molar-refractivity contribution in [2.24, 2.45) is 0 Å². The molecule has 1 saturated heterocycles. The minimum Gasteiger partial charge on any atom is -0.484 e. The van der Waals surface area contributed by atoms with Crippen molar-refractivity contribution in [2.75, 3.05) is 23.4 Å². The number of aliphatic hydroxyl groups is 1. The van der Waals surface area contributed by atoms with Crippen LogP contribution in [0.4, 0.5) is 16.6 Å². The van der Waals surface area contributed by atoms with E-state index in [0.29, 0.717) is 30.5 Å². The van der Waals surface area contributed by atoms with Crippen LogP contribution in [0.5, 0.6) is 5.75 Å². The van der Waals surface area contributed by atoms with Crippen molar-refractivity contribution in [1.82, 2.24) is 39.5 Å². The first-order valence-electron chi connectivity index (χ1n) is 16.6. The number of hydrogen-bond donors (Lipinski definition) is 3. The van der Waals surface area contributed by atoms with Gasteiger partial charge in [0.15, 0.2) is 5.65 Å². The van der Waals surface area contributed by atoms with Crippen molar-refractivity contribution in [3.05, 3.63) is 77.9 Å². The summed E-state index contributed by atoms with van der Waals surface area (Å²) in [5, 5.41) is 33.5. The molecule has 0 spiro atoms. The second kappa shape index (κ2) is 13.1. The maximum atomic E-state index is 13.5. The number of aromatic nitrogens is 7. The Labute approximate surface area is 273 Å². The van der Waals surface area contributed by atoms with Crippen molar-refractivity contribution < 1.29 is 14.6 Å². The number of rotatable bonds is 9. The Bertz CT molecular complexity index is 1860. The van der Waals surface area contributed by atoms with Crippen molar-refractivity contribution in [1.29, 1.82) is 0 Å². The lowest BCUT2D eigenvalue weighted by molar-refractivity contribution is 0.171. The number of aliphatic hydroxyl groups excluding tert-OH is 1. The molecule has 2 aliphatic rings. The highest BCUT2D eigenvalue weighted by molar-refractivity contribution is 5.89. The van der Waals surface area contributed by atoms with Crippen molar-refractivity contribution in [3.63, 3.8) is 0 Å². The van der Waals surface area contributed by atoms with Crippen LogP contribution in [0.2, 0.25) is 0 Å². The standard InChI is InChI=1S/C34H42N10O3/c1-22(2)29-18-32(44(40-29)24-19-35-41(20-24)16-17-45)37-33(46)36-28-12-13-30(27-10-5-4-9-26(27)28)47-25-11-14-31-38-39-34(43(31)21-25)42-15-7-6-8-23(42)3/h4-5,9-11,14,18-23,28,30,45H,6-8,12-13,15-17H2,1-3H3,(H2,36,37,46)/t23-,28-,30+/m0/s1. The third-order valence-corrected chi connectivity index (χ3v) is 9.19. The van der Waals surface area contributed by atoms with Crippen LogP contribution in [-0.2, 0) is 6.54 Å². The topological polar surface area (TPSA) is 140 Å². The van der Waals surface area contributed by atoms with Crippen molar-refractivity contribution >= 4 is 23.4 Å². The number of amides is 2. The lowest BCUT2D eigenvalue weighted by atomic mass is 9.85. The van der Waals surface area contributed by atoms with E-state index in [-0.39, 0.29) is 30.7 Å². The highest BCUT2D eigenvalue weighted by Gasteiger charge is 2.30. The van der Waals surface area contributed by atoms with Crippen LogP contribution < -0.4 is 20.3 Å². The normalized spacial score (nSPS) is 19.6. The summed E-state index contributed by atoms with van der Waals surface area (Å²) in [6.07, 6.45) is 10.3. The van der Waals surface area contributed by atoms with E-state index in [1.165, 1.54) is 6.42 Å². The van der Waals surface area contributed by atoms with Gasteiger partial charge in [0.25, 0.3) is 0 Å². The van der Waals surface area contributed by atoms with Crippen LogP contribution in [0.15, 0.2) is 61.1 Å². The molecule has 4 aromatic heterocycles. The molecule has 2 amide bonds. The molecule has 5 aromatic rings. The first kappa shape index (κ1) is 30.7. The fourth-order valence-corrected chi connectivity index (χ4v) is 6.67. The molecule has 3 atom stereocenters. The van der Waals surface area contributed by atoms with Gasteiger partial charge in [-0.15, -0.1) is 10.2 Å². The highest BCUT2D eigenvalue weighted by atomic mass is 16.5. The lowest BCUT2D eigenvalue weighted by Gasteiger charge is -2.33. The van der Waals surface area contributed by atoms with Gasteiger partial charge in [0.1, 0.15) is 23.4 Å². The maximum absolute atomic E-state index is 13.5. The van der Waals surface area contributed by atoms with Gasteiger partial charge >= 0.3 is 6.03 Å². The predicted octanol–water partition coefficient (Wildman–Crippen LogP) is 5.38. The molecule has 1 aromatic carbocycles. The van der Waals surface area contributed by atoms with Gasteiger partial charge in [0.2, 0.25) is 5.95 Å². The molecule has 0 saturated carbocycles. The molecule has 0 radical (unpaired) electrons. The minimum atomic E-state index is -0.319. The largest absolute Gasteiger partial charge is 0.484 e. The second-order valence-corrected chi connectivity index (χ2v) is 12.8. The number of carbonyl (C=O) groups is 1. The van der Waals surface area contributed by atoms with Crippen LogP contribution in [-0.4, -0.2) is 64.5 Å². The van der Waals surface area contributed by atoms with E-state index < -0.39 is 0 Å². The van der Waals surface area contributed by atoms with E-state index in [0.717, 1.165) is 60.0 Å². The van der Waals surface area contributed by atoms with Crippen LogP contribution in [0.1, 0.15) is 87.8 Å². The summed E-state index contributed by atoms with van der Waals surface area (Å²) in [6.45, 7) is 7.69. The van der Waals surface area contributed by atoms with E-state index in [1.54, 1.807) is 21.8 Å². The molecule has 5 heterocycles. The SMILES string of the molecule is CC(C)c1cc(NC(=O)N[C@H]2CC[C@@H](Oc3ccc4nnc(N5CCCC[C@@H]5C)n4c3)c3ccccc32)n(-c2cnn(CCO)c2)n1. The molecule has 47 heavy (non-hydrogen) atoms. The average molecular weight is 639 g/mol. The Morgan fingerprint density at radius 2 is 1.91 bits per heavy atom. The first-order chi connectivity index (χ1) is 22.9. The van der Waals surface area contributed by atoms with Gasteiger partial charge < -0.3 is 20.1 Å². The van der Waals surface area contributed by atoms with Gasteiger partial charge in [-0.05, 0) is 68.2 Å². The smallest absolute Gasteiger partial charge is 0.320 e. The van der Waals surface area contributed by atoms with E-state index in [4.69, 9.17) is 9.84 Å². The number of hydrogen-bond acceptors (Lipinski definition) is 8. The highest BCUT2D eigenvalue weighted by Crippen LogP contribution is 2.39. The van der Waals surface area contributed by atoms with Crippen molar-refractivity contribution in [2.45, 2.75) is 83.5 Å². The molecule has 1 fully saturated rings. The van der Waals surface area contributed by atoms with Crippen LogP contribution in [0.25, 0.3) is 11.3 Å². The molecule has 3 N–H and O–H groups in total. The van der Waals surface area contributed by atoms with Crippen LogP contribution >= 0.6 is 0 Å². The Morgan fingerprint density at radius 1 is 1.06 bits per heavy atom. The molecule has 0 bridgehead atoms. The van der Waals surface area contributed by atoms with Crippen LogP contribution in [0, 0.1) is 0 Å². The van der Waals surface area contributed by atoms with Gasteiger partial charge in [0.05, 0.1) is 43.5 Å². The zero-order valence-corrected chi connectivity index (χ0v) is 27.1. The summed E-state index contributed by atoms with van der Waals surface area (Å²) in [7, 11) is 0. The summed E-state index contributed by atoms with van der Waals surface area (Å²) in [6, 6.07) is 13.9. The summed E-state index contributed by atoms with van der Waals surface area (Å²) in [4.78, 5) is 15.8. The molecular formula is C34H42N10O3. The lowest BCUT2D eigenvalue weighted by Crippen LogP contribution is -2.38. The number of pyridine rings is 1. The zero-order chi connectivity index (χ0) is 32.5. The number of ether oxygens (including phenoxy) is 1. The van der Waals surface area contributed by atoms with Gasteiger partial charge in [0, 0.05) is 18.7 Å². The second-order valence-electron chi connectivity index (χ2n) is 12.8. The number of benzene rings is 1. The molecule has 13 nitrogen and oxygen atoms in total. The number of urea groups is 1. The summed E-state index contributed by atoms with van der Waals surface area (Å²) in [5.74, 6) is 2.32. The third-order valence-electron chi connectivity index (χ3n) is 9.19. The maximum Gasteiger partial charge on any atom is 0.320 e. The van der Waals surface area contributed by atoms with Gasteiger partial charge in [-0.1, -0.05) is 38.1 Å². The quantitative estimate of drug-likeness (QED) is 0.196. The number of carbonyl (C=O) groups excluding carboxylic acids is 1. The zero-order valence-electron chi connectivity index (χ0n) is 27.1. The molecular weight excluding hydrogens is 596 g/mol. The van der Waals surface area contributed by atoms with E-state index >= 15 is 0 Å². The molecule has 1 aliphatic heterocycles. The van der Waals surface area contributed by atoms with Gasteiger partial charge in [-0.2, -0.15) is 10.2 Å². The average Bonchev–Trinajstić information content (AvgIpc) is 3.81. The predicted molar refractivity (Wildman–Crippen MR) is 178 cm³/mol.